The number of amides is 2. The van der Waals surface area contributed by atoms with E-state index in [-0.39, 0.29) is 16.2 Å². The van der Waals surface area contributed by atoms with E-state index in [4.69, 9.17) is 0 Å². The number of hydrogen-bond donors (Lipinski definition) is 1. The van der Waals surface area contributed by atoms with Crippen LogP contribution in [-0.2, 0) is 12.8 Å². The van der Waals surface area contributed by atoms with Gasteiger partial charge in [-0.3, -0.25) is 5.32 Å². The Bertz CT molecular complexity index is 692. The molecule has 0 bridgehead atoms. The number of nitrogens with one attached hydrogen (secondary N) is 1. The lowest BCUT2D eigenvalue weighted by Gasteiger charge is -2.25. The number of fused-ring (bicyclic) bond motifs is 1. The Morgan fingerprint density at radius 3 is 2.61 bits per heavy atom. The minimum absolute atomic E-state index is 0.104. The number of aryl methyl sites for hydroxylation is 1. The van der Waals surface area contributed by atoms with Gasteiger partial charge in [-0.15, -0.1) is 10.2 Å². The lowest BCUT2D eigenvalue weighted by molar-refractivity contribution is 0.150. The summed E-state index contributed by atoms with van der Waals surface area (Å²) in [6.07, 6.45) is -0.101. The molecule has 0 spiro atoms. The molecule has 0 unspecified atom stereocenters. The molecule has 0 aliphatic carbocycles. The van der Waals surface area contributed by atoms with E-state index < -0.39 is 6.43 Å². The monoisotopic (exact) mass is 338 g/mol. The average Bonchev–Trinajstić information content (AvgIpc) is 2.97. The second-order valence-electron chi connectivity index (χ2n) is 5.29. The zero-order valence-corrected chi connectivity index (χ0v) is 13.2. The van der Waals surface area contributed by atoms with Crippen molar-refractivity contribution in [2.24, 2.45) is 0 Å². The molecular weight excluding hydrogens is 322 g/mol. The van der Waals surface area contributed by atoms with Gasteiger partial charge in [0.15, 0.2) is 5.01 Å². The number of anilines is 1. The summed E-state index contributed by atoms with van der Waals surface area (Å²) in [5, 5.41) is 9.22. The van der Waals surface area contributed by atoms with Crippen molar-refractivity contribution in [1.82, 2.24) is 15.1 Å². The van der Waals surface area contributed by atoms with Crippen LogP contribution in [0.4, 0.5) is 18.7 Å². The molecule has 0 saturated carbocycles. The summed E-state index contributed by atoms with van der Waals surface area (Å²) in [5.41, 5.74) is 2.58. The van der Waals surface area contributed by atoms with Crippen LogP contribution in [0.1, 0.15) is 29.0 Å². The highest BCUT2D eigenvalue weighted by Gasteiger charge is 2.20. The molecule has 2 amide bonds. The predicted octanol–water partition coefficient (Wildman–Crippen LogP) is 3.50. The summed E-state index contributed by atoms with van der Waals surface area (Å²) in [4.78, 5) is 14.0. The number of aromatic nitrogens is 2. The fourth-order valence-corrected chi connectivity index (χ4v) is 3.21. The van der Waals surface area contributed by atoms with E-state index in [9.17, 15) is 13.6 Å². The van der Waals surface area contributed by atoms with Crippen molar-refractivity contribution in [1.29, 1.82) is 0 Å². The number of halogens is 2. The Morgan fingerprint density at radius 2 is 1.91 bits per heavy atom. The molecule has 0 fully saturated rings. The van der Waals surface area contributed by atoms with Crippen molar-refractivity contribution < 1.29 is 13.6 Å². The standard InChI is InChI=1S/C15H16F2N4OS/c16-12(17)13-19-20-14(23-13)18-15(22)21-8-3-6-10-4-1-2-5-11(10)7-9-21/h1-2,4-5,12H,3,6-9H2,(H,18,20,22). The van der Waals surface area contributed by atoms with Crippen molar-refractivity contribution in [2.45, 2.75) is 25.7 Å². The number of rotatable bonds is 2. The van der Waals surface area contributed by atoms with Gasteiger partial charge in [-0.2, -0.15) is 0 Å². The SMILES string of the molecule is O=C(Nc1nnc(C(F)F)s1)N1CCCc2ccccc2CC1. The van der Waals surface area contributed by atoms with Crippen molar-refractivity contribution in [3.63, 3.8) is 0 Å². The number of alkyl halides is 2. The molecule has 8 heteroatoms. The third kappa shape index (κ3) is 3.82. The first-order valence-electron chi connectivity index (χ1n) is 7.38. The van der Waals surface area contributed by atoms with Crippen LogP contribution in [0.25, 0.3) is 0 Å². The smallest absolute Gasteiger partial charge is 0.323 e. The van der Waals surface area contributed by atoms with E-state index in [1.54, 1.807) is 4.90 Å². The maximum Gasteiger partial charge on any atom is 0.323 e. The molecule has 1 aliphatic rings. The van der Waals surface area contributed by atoms with E-state index >= 15 is 0 Å². The highest BCUT2D eigenvalue weighted by atomic mass is 32.1. The lowest BCUT2D eigenvalue weighted by Crippen LogP contribution is -2.38. The number of nitrogens with zero attached hydrogens (tertiary/aromatic N) is 3. The van der Waals surface area contributed by atoms with Gasteiger partial charge in [-0.25, -0.2) is 13.6 Å². The van der Waals surface area contributed by atoms with Gasteiger partial charge < -0.3 is 4.90 Å². The number of carbonyl (C=O) groups is 1. The summed E-state index contributed by atoms with van der Waals surface area (Å²) in [6.45, 7) is 1.21. The van der Waals surface area contributed by atoms with Gasteiger partial charge in [0.25, 0.3) is 6.43 Å². The normalized spacial score (nSPS) is 15.0. The van der Waals surface area contributed by atoms with Gasteiger partial charge >= 0.3 is 6.03 Å². The first kappa shape index (κ1) is 15.8. The van der Waals surface area contributed by atoms with Crippen LogP contribution in [0.3, 0.4) is 0 Å². The van der Waals surface area contributed by atoms with Crippen LogP contribution in [-0.4, -0.2) is 34.2 Å². The van der Waals surface area contributed by atoms with Crippen LogP contribution in [0, 0.1) is 0 Å². The molecule has 122 valence electrons. The van der Waals surface area contributed by atoms with Crippen molar-refractivity contribution in [2.75, 3.05) is 18.4 Å². The largest absolute Gasteiger partial charge is 0.324 e. The quantitative estimate of drug-likeness (QED) is 0.912. The van der Waals surface area contributed by atoms with Gasteiger partial charge in [0.05, 0.1) is 0 Å². The highest BCUT2D eigenvalue weighted by Crippen LogP contribution is 2.25. The second-order valence-corrected chi connectivity index (χ2v) is 6.29. The Kier molecular flexibility index (Phi) is 4.80. The Morgan fingerprint density at radius 1 is 1.17 bits per heavy atom. The maximum atomic E-state index is 12.5. The van der Waals surface area contributed by atoms with Crippen LogP contribution in [0.5, 0.6) is 0 Å². The highest BCUT2D eigenvalue weighted by molar-refractivity contribution is 7.15. The minimum atomic E-state index is -2.67. The zero-order chi connectivity index (χ0) is 16.2. The van der Waals surface area contributed by atoms with Gasteiger partial charge in [-0.1, -0.05) is 35.6 Å². The Balaban J connectivity index is 1.63. The summed E-state index contributed by atoms with van der Waals surface area (Å²) < 4.78 is 25.0. The first-order chi connectivity index (χ1) is 11.1. The predicted molar refractivity (Wildman–Crippen MR) is 83.9 cm³/mol. The van der Waals surface area contributed by atoms with Crippen LogP contribution in [0.2, 0.25) is 0 Å². The number of hydrogen-bond acceptors (Lipinski definition) is 4. The first-order valence-corrected chi connectivity index (χ1v) is 8.19. The van der Waals surface area contributed by atoms with Gasteiger partial charge in [0, 0.05) is 13.1 Å². The van der Waals surface area contributed by atoms with E-state index in [0.717, 1.165) is 19.3 Å². The molecular formula is C15H16F2N4OS. The van der Waals surface area contributed by atoms with Crippen molar-refractivity contribution in [3.8, 4) is 0 Å². The molecule has 0 radical (unpaired) electrons. The van der Waals surface area contributed by atoms with E-state index in [0.29, 0.717) is 24.4 Å². The van der Waals surface area contributed by atoms with Gasteiger partial charge in [0.1, 0.15) is 0 Å². The fraction of sp³-hybridized carbons (Fsp3) is 0.400. The van der Waals surface area contributed by atoms with E-state index in [1.807, 2.05) is 12.1 Å². The Hall–Kier alpha value is -2.09. The maximum absolute atomic E-state index is 12.5. The molecule has 5 nitrogen and oxygen atoms in total. The molecule has 2 heterocycles. The van der Waals surface area contributed by atoms with Crippen molar-refractivity contribution in [3.05, 3.63) is 40.4 Å². The Labute approximate surface area is 136 Å². The second kappa shape index (κ2) is 6.99. The minimum Gasteiger partial charge on any atom is -0.324 e. The third-order valence-electron chi connectivity index (χ3n) is 3.77. The molecule has 1 N–H and O–H groups in total. The average molecular weight is 338 g/mol. The molecule has 0 saturated heterocycles. The molecule has 1 aliphatic heterocycles. The van der Waals surface area contributed by atoms with Gasteiger partial charge in [-0.05, 0) is 30.4 Å². The molecule has 3 rings (SSSR count). The summed E-state index contributed by atoms with van der Waals surface area (Å²) in [6, 6.07) is 7.91. The number of urea groups is 1. The zero-order valence-electron chi connectivity index (χ0n) is 12.3. The summed E-state index contributed by atoms with van der Waals surface area (Å²) >= 11 is 0.700. The lowest BCUT2D eigenvalue weighted by atomic mass is 9.98. The topological polar surface area (TPSA) is 58.1 Å². The molecule has 0 atom stereocenters. The van der Waals surface area contributed by atoms with Crippen LogP contribution < -0.4 is 5.32 Å². The van der Waals surface area contributed by atoms with E-state index in [2.05, 4.69) is 27.6 Å². The van der Waals surface area contributed by atoms with Crippen LogP contribution in [0.15, 0.2) is 24.3 Å². The number of carbonyl (C=O) groups excluding carboxylic acids is 1. The van der Waals surface area contributed by atoms with E-state index in [1.165, 1.54) is 11.1 Å². The molecule has 2 aromatic rings. The van der Waals surface area contributed by atoms with Gasteiger partial charge in [0.2, 0.25) is 5.13 Å². The molecule has 1 aromatic carbocycles. The molecule has 1 aromatic heterocycles. The third-order valence-corrected chi connectivity index (χ3v) is 4.62. The van der Waals surface area contributed by atoms with Crippen molar-refractivity contribution >= 4 is 22.5 Å². The summed E-state index contributed by atoms with van der Waals surface area (Å²) in [7, 11) is 0. The number of benzene rings is 1. The molecule has 23 heavy (non-hydrogen) atoms. The summed E-state index contributed by atoms with van der Waals surface area (Å²) in [5.74, 6) is 0. The fourth-order valence-electron chi connectivity index (χ4n) is 2.62. The van der Waals surface area contributed by atoms with Crippen LogP contribution >= 0.6 is 11.3 Å².